The van der Waals surface area contributed by atoms with Crippen LogP contribution in [0.25, 0.3) is 0 Å². The van der Waals surface area contributed by atoms with Gasteiger partial charge in [-0.25, -0.2) is 12.7 Å². The van der Waals surface area contributed by atoms with Crippen molar-refractivity contribution in [2.45, 2.75) is 38.5 Å². The van der Waals surface area contributed by atoms with Gasteiger partial charge in [0.1, 0.15) is 0 Å². The Morgan fingerprint density at radius 1 is 0.760 bits per heavy atom. The Morgan fingerprint density at radius 2 is 1.24 bits per heavy atom. The summed E-state index contributed by atoms with van der Waals surface area (Å²) in [6, 6.07) is 0. The van der Waals surface area contributed by atoms with Gasteiger partial charge in [0.05, 0.1) is 12.2 Å². The van der Waals surface area contributed by atoms with Crippen LogP contribution < -0.4 is 0 Å². The van der Waals surface area contributed by atoms with Crippen LogP contribution in [-0.2, 0) is 19.6 Å². The van der Waals surface area contributed by atoms with Crippen molar-refractivity contribution < 1.29 is 18.0 Å². The molecule has 0 aromatic carbocycles. The van der Waals surface area contributed by atoms with Gasteiger partial charge in [-0.1, -0.05) is 12.8 Å². The zero-order chi connectivity index (χ0) is 18.0. The molecule has 0 spiro atoms. The highest BCUT2D eigenvalue weighted by Gasteiger charge is 2.35. The van der Waals surface area contributed by atoms with Gasteiger partial charge in [-0.2, -0.15) is 0 Å². The van der Waals surface area contributed by atoms with E-state index in [1.54, 1.807) is 0 Å². The van der Waals surface area contributed by atoms with Crippen molar-refractivity contribution in [2.75, 3.05) is 45.5 Å². The maximum absolute atomic E-state index is 12.8. The van der Waals surface area contributed by atoms with Gasteiger partial charge >= 0.3 is 0 Å². The summed E-state index contributed by atoms with van der Waals surface area (Å²) < 4.78 is 24.9. The number of amides is 2. The van der Waals surface area contributed by atoms with E-state index in [1.807, 2.05) is 9.80 Å². The first-order valence-electron chi connectivity index (χ1n) is 9.39. The number of rotatable bonds is 3. The van der Waals surface area contributed by atoms with Gasteiger partial charge in [0.25, 0.3) is 0 Å². The van der Waals surface area contributed by atoms with Gasteiger partial charge in [0, 0.05) is 45.2 Å². The third kappa shape index (κ3) is 4.34. The molecule has 1 aliphatic carbocycles. The van der Waals surface area contributed by atoms with Gasteiger partial charge in [0.2, 0.25) is 21.8 Å². The second kappa shape index (κ2) is 7.61. The summed E-state index contributed by atoms with van der Waals surface area (Å²) in [6.45, 7) is 3.12. The minimum Gasteiger partial charge on any atom is -0.339 e. The third-order valence-corrected chi connectivity index (χ3v) is 7.08. The summed E-state index contributed by atoms with van der Waals surface area (Å²) in [6.07, 6.45) is 6.96. The fourth-order valence-electron chi connectivity index (χ4n) is 4.28. The van der Waals surface area contributed by atoms with E-state index in [1.165, 1.54) is 10.6 Å². The van der Waals surface area contributed by atoms with Crippen molar-refractivity contribution in [2.24, 2.45) is 11.8 Å². The molecular formula is C17H29N3O4S. The first kappa shape index (κ1) is 18.6. The largest absolute Gasteiger partial charge is 0.339 e. The van der Waals surface area contributed by atoms with Crippen LogP contribution in [0, 0.1) is 11.8 Å². The third-order valence-electron chi connectivity index (χ3n) is 5.81. The highest BCUT2D eigenvalue weighted by Crippen LogP contribution is 2.27. The molecule has 2 aliphatic heterocycles. The molecule has 1 unspecified atom stereocenters. The average molecular weight is 372 g/mol. The molecule has 0 radical (unpaired) electrons. The SMILES string of the molecule is CS(=O)(=O)N1CCCC(C(=O)N2CCN(C(=O)C3CCCC3)CC2)C1. The summed E-state index contributed by atoms with van der Waals surface area (Å²) >= 11 is 0. The van der Waals surface area contributed by atoms with Crippen LogP contribution in [0.15, 0.2) is 0 Å². The molecule has 2 heterocycles. The fourth-order valence-corrected chi connectivity index (χ4v) is 5.19. The summed E-state index contributed by atoms with van der Waals surface area (Å²) in [5, 5.41) is 0. The molecule has 142 valence electrons. The second-order valence-corrected chi connectivity index (χ2v) is 9.57. The molecule has 0 aromatic rings. The smallest absolute Gasteiger partial charge is 0.227 e. The standard InChI is InChI=1S/C17H29N3O4S/c1-25(23,24)20-8-4-7-15(13-20)17(22)19-11-9-18(10-12-19)16(21)14-5-2-3-6-14/h14-15H,2-13H2,1H3. The highest BCUT2D eigenvalue weighted by molar-refractivity contribution is 7.88. The highest BCUT2D eigenvalue weighted by atomic mass is 32.2. The summed E-state index contributed by atoms with van der Waals surface area (Å²) in [5.41, 5.74) is 0. The van der Waals surface area contributed by atoms with Gasteiger partial charge in [-0.3, -0.25) is 9.59 Å². The van der Waals surface area contributed by atoms with Crippen LogP contribution in [0.4, 0.5) is 0 Å². The average Bonchev–Trinajstić information content (AvgIpc) is 3.15. The van der Waals surface area contributed by atoms with Crippen LogP contribution in [0.1, 0.15) is 38.5 Å². The zero-order valence-electron chi connectivity index (χ0n) is 15.0. The molecule has 1 saturated carbocycles. The molecule has 0 aromatic heterocycles. The maximum Gasteiger partial charge on any atom is 0.227 e. The molecule has 3 aliphatic rings. The summed E-state index contributed by atoms with van der Waals surface area (Å²) in [4.78, 5) is 29.0. The van der Waals surface area contributed by atoms with E-state index in [4.69, 9.17) is 0 Å². The van der Waals surface area contributed by atoms with E-state index in [2.05, 4.69) is 0 Å². The molecule has 2 saturated heterocycles. The van der Waals surface area contributed by atoms with Gasteiger partial charge in [-0.15, -0.1) is 0 Å². The van der Waals surface area contributed by atoms with E-state index in [9.17, 15) is 18.0 Å². The number of sulfonamides is 1. The molecule has 2 amide bonds. The van der Waals surface area contributed by atoms with E-state index in [-0.39, 0.29) is 23.7 Å². The van der Waals surface area contributed by atoms with Crippen LogP contribution in [0.2, 0.25) is 0 Å². The zero-order valence-corrected chi connectivity index (χ0v) is 15.8. The lowest BCUT2D eigenvalue weighted by Crippen LogP contribution is -2.54. The molecule has 25 heavy (non-hydrogen) atoms. The van der Waals surface area contributed by atoms with Crippen molar-refractivity contribution in [1.82, 2.24) is 14.1 Å². The lowest BCUT2D eigenvalue weighted by Gasteiger charge is -2.39. The molecule has 0 bridgehead atoms. The minimum atomic E-state index is -3.24. The first-order chi connectivity index (χ1) is 11.9. The molecule has 1 atom stereocenters. The number of hydrogen-bond donors (Lipinski definition) is 0. The topological polar surface area (TPSA) is 78.0 Å². The van der Waals surface area contributed by atoms with E-state index >= 15 is 0 Å². The predicted molar refractivity (Wildman–Crippen MR) is 94.3 cm³/mol. The number of carbonyl (C=O) groups excluding carboxylic acids is 2. The van der Waals surface area contributed by atoms with Crippen LogP contribution in [0.5, 0.6) is 0 Å². The molecular weight excluding hydrogens is 342 g/mol. The van der Waals surface area contributed by atoms with Crippen molar-refractivity contribution in [3.05, 3.63) is 0 Å². The Hall–Kier alpha value is -1.15. The Balaban J connectivity index is 1.52. The van der Waals surface area contributed by atoms with E-state index in [0.717, 1.165) is 38.5 Å². The number of hydrogen-bond acceptors (Lipinski definition) is 4. The number of nitrogens with zero attached hydrogens (tertiary/aromatic N) is 3. The Bertz CT molecular complexity index is 607. The minimum absolute atomic E-state index is 0.0429. The van der Waals surface area contributed by atoms with Crippen LogP contribution in [-0.4, -0.2) is 79.9 Å². The number of piperazine rings is 1. The van der Waals surface area contributed by atoms with Crippen LogP contribution in [0.3, 0.4) is 0 Å². The van der Waals surface area contributed by atoms with Crippen LogP contribution >= 0.6 is 0 Å². The van der Waals surface area contributed by atoms with Crippen molar-refractivity contribution in [1.29, 1.82) is 0 Å². The van der Waals surface area contributed by atoms with Gasteiger partial charge < -0.3 is 9.80 Å². The van der Waals surface area contributed by atoms with Gasteiger partial charge in [0.15, 0.2) is 0 Å². The lowest BCUT2D eigenvalue weighted by molar-refractivity contribution is -0.144. The molecule has 3 rings (SSSR count). The number of carbonyl (C=O) groups is 2. The second-order valence-electron chi connectivity index (χ2n) is 7.59. The Labute approximate surface area is 150 Å². The van der Waals surface area contributed by atoms with E-state index < -0.39 is 10.0 Å². The summed E-state index contributed by atoms with van der Waals surface area (Å²) in [7, 11) is -3.24. The molecule has 7 nitrogen and oxygen atoms in total. The quantitative estimate of drug-likeness (QED) is 0.725. The monoisotopic (exact) mass is 371 g/mol. The molecule has 3 fully saturated rings. The summed E-state index contributed by atoms with van der Waals surface area (Å²) in [5.74, 6) is 0.233. The first-order valence-corrected chi connectivity index (χ1v) is 11.2. The normalized spacial score (nSPS) is 26.8. The van der Waals surface area contributed by atoms with Gasteiger partial charge in [-0.05, 0) is 25.7 Å². The lowest BCUT2D eigenvalue weighted by atomic mass is 9.97. The molecule has 0 N–H and O–H groups in total. The number of piperidine rings is 1. The maximum atomic E-state index is 12.8. The Kier molecular flexibility index (Phi) is 5.68. The van der Waals surface area contributed by atoms with Crippen molar-refractivity contribution >= 4 is 21.8 Å². The van der Waals surface area contributed by atoms with E-state index in [0.29, 0.717) is 39.3 Å². The predicted octanol–water partition coefficient (Wildman–Crippen LogP) is 0.519. The Morgan fingerprint density at radius 3 is 1.76 bits per heavy atom. The van der Waals surface area contributed by atoms with Crippen molar-refractivity contribution in [3.63, 3.8) is 0 Å². The molecule has 8 heteroatoms. The van der Waals surface area contributed by atoms with Crippen molar-refractivity contribution in [3.8, 4) is 0 Å². The fraction of sp³-hybridized carbons (Fsp3) is 0.882.